The quantitative estimate of drug-likeness (QED) is 0.778. The number of rotatable bonds is 5. The molecule has 0 aliphatic heterocycles. The van der Waals surface area contributed by atoms with E-state index >= 15 is 0 Å². The molecule has 2 rings (SSSR count). The van der Waals surface area contributed by atoms with Gasteiger partial charge in [-0.05, 0) is 32.4 Å². The molecule has 0 amide bonds. The van der Waals surface area contributed by atoms with Crippen molar-refractivity contribution in [2.45, 2.75) is 20.8 Å². The van der Waals surface area contributed by atoms with Crippen LogP contribution in [0, 0.1) is 6.92 Å². The number of pyridine rings is 1. The van der Waals surface area contributed by atoms with Crippen LogP contribution in [0.15, 0.2) is 42.6 Å². The van der Waals surface area contributed by atoms with Crippen molar-refractivity contribution in [3.8, 4) is 0 Å². The highest BCUT2D eigenvalue weighted by Crippen LogP contribution is 2.18. The predicted molar refractivity (Wildman–Crippen MR) is 82.4 cm³/mol. The van der Waals surface area contributed by atoms with Gasteiger partial charge in [-0.2, -0.15) is 0 Å². The lowest BCUT2D eigenvalue weighted by Gasteiger charge is -2.20. The van der Waals surface area contributed by atoms with Crippen LogP contribution in [-0.4, -0.2) is 23.9 Å². The Balaban J connectivity index is 2.33. The van der Waals surface area contributed by atoms with Crippen molar-refractivity contribution >= 4 is 11.6 Å². The molecule has 0 spiro atoms. The number of carbonyl (C=O) groups excluding carboxylic acids is 1. The first-order valence-electron chi connectivity index (χ1n) is 6.98. The van der Waals surface area contributed by atoms with Crippen molar-refractivity contribution < 1.29 is 4.79 Å². The van der Waals surface area contributed by atoms with Gasteiger partial charge in [-0.15, -0.1) is 0 Å². The molecule has 1 aromatic heterocycles. The summed E-state index contributed by atoms with van der Waals surface area (Å²) in [5.74, 6) is 0.957. The highest BCUT2D eigenvalue weighted by molar-refractivity contribution is 6.09. The zero-order valence-corrected chi connectivity index (χ0v) is 12.3. The number of aromatic nitrogens is 1. The van der Waals surface area contributed by atoms with Crippen LogP contribution in [0.5, 0.6) is 0 Å². The van der Waals surface area contributed by atoms with Gasteiger partial charge >= 0.3 is 0 Å². The van der Waals surface area contributed by atoms with Crippen LogP contribution in [0.3, 0.4) is 0 Å². The number of hydrogen-bond donors (Lipinski definition) is 0. The fourth-order valence-corrected chi connectivity index (χ4v) is 2.24. The Morgan fingerprint density at radius 2 is 1.80 bits per heavy atom. The smallest absolute Gasteiger partial charge is 0.194 e. The minimum absolute atomic E-state index is 0.0293. The van der Waals surface area contributed by atoms with Gasteiger partial charge in [0.2, 0.25) is 0 Å². The normalized spacial score (nSPS) is 10.3. The summed E-state index contributed by atoms with van der Waals surface area (Å²) in [5, 5.41) is 0. The minimum Gasteiger partial charge on any atom is -0.357 e. The van der Waals surface area contributed by atoms with Crippen molar-refractivity contribution in [2.24, 2.45) is 0 Å². The summed E-state index contributed by atoms with van der Waals surface area (Å²) in [7, 11) is 0. The molecule has 0 aliphatic carbocycles. The van der Waals surface area contributed by atoms with Gasteiger partial charge in [0.05, 0.1) is 0 Å². The maximum absolute atomic E-state index is 12.4. The molecule has 3 heteroatoms. The Morgan fingerprint density at radius 1 is 1.15 bits per heavy atom. The third-order valence-corrected chi connectivity index (χ3v) is 3.46. The molecule has 20 heavy (non-hydrogen) atoms. The van der Waals surface area contributed by atoms with Gasteiger partial charge in [0.15, 0.2) is 5.78 Å². The first-order chi connectivity index (χ1) is 9.67. The third kappa shape index (κ3) is 2.87. The number of aryl methyl sites for hydroxylation is 1. The lowest BCUT2D eigenvalue weighted by molar-refractivity contribution is 0.103. The molecule has 0 fully saturated rings. The van der Waals surface area contributed by atoms with Gasteiger partial charge in [-0.25, -0.2) is 4.98 Å². The van der Waals surface area contributed by atoms with Crippen LogP contribution in [0.2, 0.25) is 0 Å². The van der Waals surface area contributed by atoms with E-state index in [-0.39, 0.29) is 5.78 Å². The van der Waals surface area contributed by atoms with E-state index in [4.69, 9.17) is 0 Å². The maximum Gasteiger partial charge on any atom is 0.194 e. The molecule has 0 saturated heterocycles. The second-order valence-corrected chi connectivity index (χ2v) is 4.72. The Hall–Kier alpha value is -2.16. The molecule has 0 aliphatic rings. The lowest BCUT2D eigenvalue weighted by atomic mass is 10.0. The van der Waals surface area contributed by atoms with E-state index in [1.54, 1.807) is 6.20 Å². The van der Waals surface area contributed by atoms with Crippen molar-refractivity contribution in [2.75, 3.05) is 18.0 Å². The van der Waals surface area contributed by atoms with E-state index in [0.717, 1.165) is 24.5 Å². The highest BCUT2D eigenvalue weighted by atomic mass is 16.1. The summed E-state index contributed by atoms with van der Waals surface area (Å²) < 4.78 is 0. The Labute approximate surface area is 120 Å². The first-order valence-corrected chi connectivity index (χ1v) is 6.98. The van der Waals surface area contributed by atoms with Gasteiger partial charge in [-0.3, -0.25) is 4.79 Å². The molecule has 0 unspecified atom stereocenters. The van der Waals surface area contributed by atoms with Gasteiger partial charge in [0.25, 0.3) is 0 Å². The fourth-order valence-electron chi connectivity index (χ4n) is 2.24. The number of carbonyl (C=O) groups is 1. The molecule has 3 nitrogen and oxygen atoms in total. The van der Waals surface area contributed by atoms with Gasteiger partial charge < -0.3 is 4.90 Å². The molecule has 2 aromatic rings. The van der Waals surface area contributed by atoms with Crippen LogP contribution in [0.25, 0.3) is 0 Å². The minimum atomic E-state index is 0.0293. The van der Waals surface area contributed by atoms with E-state index < -0.39 is 0 Å². The summed E-state index contributed by atoms with van der Waals surface area (Å²) >= 11 is 0. The number of ketones is 1. The van der Waals surface area contributed by atoms with Crippen LogP contribution in [0.4, 0.5) is 5.82 Å². The number of nitrogens with zero attached hydrogens (tertiary/aromatic N) is 2. The van der Waals surface area contributed by atoms with Gasteiger partial charge in [-0.1, -0.05) is 30.3 Å². The van der Waals surface area contributed by atoms with E-state index in [9.17, 15) is 4.79 Å². The van der Waals surface area contributed by atoms with E-state index in [0.29, 0.717) is 11.1 Å². The van der Waals surface area contributed by atoms with Crippen LogP contribution < -0.4 is 4.90 Å². The molecule has 0 bridgehead atoms. The maximum atomic E-state index is 12.4. The zero-order valence-electron chi connectivity index (χ0n) is 12.3. The summed E-state index contributed by atoms with van der Waals surface area (Å²) in [6, 6.07) is 11.3. The van der Waals surface area contributed by atoms with Crippen molar-refractivity contribution in [1.82, 2.24) is 4.98 Å². The van der Waals surface area contributed by atoms with Gasteiger partial charge in [0, 0.05) is 30.4 Å². The van der Waals surface area contributed by atoms with E-state index in [1.807, 2.05) is 43.3 Å². The number of benzene rings is 1. The number of hydrogen-bond acceptors (Lipinski definition) is 3. The van der Waals surface area contributed by atoms with Crippen molar-refractivity contribution in [3.63, 3.8) is 0 Å². The third-order valence-electron chi connectivity index (χ3n) is 3.46. The Morgan fingerprint density at radius 3 is 2.35 bits per heavy atom. The van der Waals surface area contributed by atoms with Crippen LogP contribution in [-0.2, 0) is 0 Å². The topological polar surface area (TPSA) is 33.2 Å². The largest absolute Gasteiger partial charge is 0.357 e. The number of anilines is 1. The molecular formula is C17H20N2O. The average molecular weight is 268 g/mol. The SMILES string of the molecule is CCN(CC)c1cc(C)c(C(=O)c2ccccc2)cn1. The highest BCUT2D eigenvalue weighted by Gasteiger charge is 2.13. The molecule has 1 heterocycles. The predicted octanol–water partition coefficient (Wildman–Crippen LogP) is 3.47. The molecule has 104 valence electrons. The molecule has 1 aromatic carbocycles. The lowest BCUT2D eigenvalue weighted by Crippen LogP contribution is -2.23. The van der Waals surface area contributed by atoms with Crippen molar-refractivity contribution in [3.05, 3.63) is 59.3 Å². The molecule has 0 saturated carbocycles. The van der Waals surface area contributed by atoms with E-state index in [1.165, 1.54) is 0 Å². The second kappa shape index (κ2) is 6.33. The van der Waals surface area contributed by atoms with Crippen LogP contribution >= 0.6 is 0 Å². The molecule has 0 N–H and O–H groups in total. The van der Waals surface area contributed by atoms with Crippen LogP contribution in [0.1, 0.15) is 35.3 Å². The second-order valence-electron chi connectivity index (χ2n) is 4.72. The molecule has 0 atom stereocenters. The Kier molecular flexibility index (Phi) is 4.51. The summed E-state index contributed by atoms with van der Waals surface area (Å²) in [6.45, 7) is 7.99. The fraction of sp³-hybridized carbons (Fsp3) is 0.294. The summed E-state index contributed by atoms with van der Waals surface area (Å²) in [4.78, 5) is 19.0. The Bertz CT molecular complexity index is 589. The van der Waals surface area contributed by atoms with E-state index in [2.05, 4.69) is 23.7 Å². The molecule has 0 radical (unpaired) electrons. The monoisotopic (exact) mass is 268 g/mol. The van der Waals surface area contributed by atoms with Crippen molar-refractivity contribution in [1.29, 1.82) is 0 Å². The van der Waals surface area contributed by atoms with Gasteiger partial charge in [0.1, 0.15) is 5.82 Å². The summed E-state index contributed by atoms with van der Waals surface area (Å²) in [6.07, 6.45) is 1.69. The first kappa shape index (κ1) is 14.3. The zero-order chi connectivity index (χ0) is 14.5. The molecular weight excluding hydrogens is 248 g/mol. The summed E-state index contributed by atoms with van der Waals surface area (Å²) in [5.41, 5.74) is 2.34. The average Bonchev–Trinajstić information content (AvgIpc) is 2.49. The standard InChI is InChI=1S/C17H20N2O/c1-4-19(5-2)16-11-13(3)15(12-18-16)17(20)14-9-7-6-8-10-14/h6-12H,4-5H2,1-3H3.